The molecule has 2 heterocycles. The summed E-state index contributed by atoms with van der Waals surface area (Å²) in [4.78, 5) is 18.2. The lowest BCUT2D eigenvalue weighted by atomic mass is 9.95. The fraction of sp³-hybridized carbons (Fsp3) is 0.318. The summed E-state index contributed by atoms with van der Waals surface area (Å²) >= 11 is 0. The number of aryl methyl sites for hydroxylation is 1. The molecule has 2 aromatic carbocycles. The van der Waals surface area contributed by atoms with Crippen molar-refractivity contribution in [1.29, 1.82) is 0 Å². The van der Waals surface area contributed by atoms with Gasteiger partial charge in [-0.15, -0.1) is 0 Å². The largest absolute Gasteiger partial charge is 0.478 e. The maximum absolute atomic E-state index is 11.4. The molecule has 0 bridgehead atoms. The summed E-state index contributed by atoms with van der Waals surface area (Å²) < 4.78 is 5.10. The molecule has 0 amide bonds. The number of carbonyl (C=O) groups is 1. The molecule has 28 heavy (non-hydrogen) atoms. The predicted molar refractivity (Wildman–Crippen MR) is 105 cm³/mol. The maximum Gasteiger partial charge on any atom is 0.336 e. The van der Waals surface area contributed by atoms with Gasteiger partial charge in [0.25, 0.3) is 0 Å². The molecule has 0 spiro atoms. The van der Waals surface area contributed by atoms with Crippen molar-refractivity contribution in [3.8, 4) is 11.1 Å². The third-order valence-corrected chi connectivity index (χ3v) is 5.32. The van der Waals surface area contributed by atoms with Crippen LogP contribution in [0.25, 0.3) is 11.1 Å². The Bertz CT molecular complexity index is 957. The normalized spacial score (nSPS) is 15.6. The van der Waals surface area contributed by atoms with Crippen molar-refractivity contribution in [2.24, 2.45) is 0 Å². The Morgan fingerprint density at radius 2 is 1.86 bits per heavy atom. The average molecular weight is 377 g/mol. The topological polar surface area (TPSA) is 79.5 Å². The van der Waals surface area contributed by atoms with Gasteiger partial charge in [-0.1, -0.05) is 47.6 Å². The first-order valence-corrected chi connectivity index (χ1v) is 9.54. The van der Waals surface area contributed by atoms with Crippen LogP contribution in [0.2, 0.25) is 0 Å². The third-order valence-electron chi connectivity index (χ3n) is 5.32. The van der Waals surface area contributed by atoms with Crippen molar-refractivity contribution in [2.45, 2.75) is 32.2 Å². The van der Waals surface area contributed by atoms with Crippen molar-refractivity contribution < 1.29 is 14.4 Å². The zero-order chi connectivity index (χ0) is 19.5. The first kappa shape index (κ1) is 18.4. The highest BCUT2D eigenvalue weighted by Gasteiger charge is 2.24. The minimum absolute atomic E-state index is 0.328. The number of likely N-dealkylation sites (tertiary alicyclic amines) is 1. The number of carboxylic acid groups (broad SMARTS) is 1. The summed E-state index contributed by atoms with van der Waals surface area (Å²) in [5.41, 5.74) is 3.23. The molecule has 0 radical (unpaired) electrons. The summed E-state index contributed by atoms with van der Waals surface area (Å²) in [5, 5.41) is 13.4. The number of rotatable bonds is 5. The van der Waals surface area contributed by atoms with E-state index in [-0.39, 0.29) is 0 Å². The van der Waals surface area contributed by atoms with Crippen LogP contribution >= 0.6 is 0 Å². The average Bonchev–Trinajstić information content (AvgIpc) is 3.15. The summed E-state index contributed by atoms with van der Waals surface area (Å²) in [6.07, 6.45) is 2.06. The zero-order valence-corrected chi connectivity index (χ0v) is 15.8. The monoisotopic (exact) mass is 377 g/mol. The molecule has 0 unspecified atom stereocenters. The van der Waals surface area contributed by atoms with Gasteiger partial charge in [0, 0.05) is 19.4 Å². The number of aromatic nitrogens is 2. The van der Waals surface area contributed by atoms with Crippen LogP contribution in [0.1, 0.15) is 46.4 Å². The highest BCUT2D eigenvalue weighted by molar-refractivity contribution is 5.95. The van der Waals surface area contributed by atoms with Gasteiger partial charge in [-0.25, -0.2) is 4.79 Å². The molecule has 6 heteroatoms. The first-order chi connectivity index (χ1) is 13.6. The maximum atomic E-state index is 11.4. The standard InChI is InChI=1S/C22H23N3O3/c1-15-23-21(24-28-15)18-10-12-25(13-11-18)14-16-6-8-17(9-7-16)19-4-2-3-5-20(19)22(26)27/h2-9,18H,10-14H2,1H3,(H,26,27). The van der Waals surface area contributed by atoms with Crippen LogP contribution in [-0.2, 0) is 6.54 Å². The van der Waals surface area contributed by atoms with Gasteiger partial charge in [0.05, 0.1) is 5.56 Å². The molecule has 1 aliphatic heterocycles. The second kappa shape index (κ2) is 7.94. The second-order valence-corrected chi connectivity index (χ2v) is 7.27. The van der Waals surface area contributed by atoms with E-state index in [1.807, 2.05) is 31.2 Å². The van der Waals surface area contributed by atoms with E-state index in [9.17, 15) is 9.90 Å². The minimum Gasteiger partial charge on any atom is -0.478 e. The zero-order valence-electron chi connectivity index (χ0n) is 15.8. The van der Waals surface area contributed by atoms with Crippen LogP contribution < -0.4 is 0 Å². The molecule has 3 aromatic rings. The van der Waals surface area contributed by atoms with E-state index >= 15 is 0 Å². The molecule has 1 N–H and O–H groups in total. The van der Waals surface area contributed by atoms with Gasteiger partial charge in [-0.05, 0) is 48.7 Å². The van der Waals surface area contributed by atoms with Crippen LogP contribution in [0.5, 0.6) is 0 Å². The molecular weight excluding hydrogens is 354 g/mol. The molecule has 1 saturated heterocycles. The van der Waals surface area contributed by atoms with E-state index in [1.54, 1.807) is 12.1 Å². The second-order valence-electron chi connectivity index (χ2n) is 7.27. The van der Waals surface area contributed by atoms with Crippen molar-refractivity contribution in [2.75, 3.05) is 13.1 Å². The molecule has 144 valence electrons. The Kier molecular flexibility index (Phi) is 5.21. The third kappa shape index (κ3) is 3.97. The van der Waals surface area contributed by atoms with Gasteiger partial charge in [-0.2, -0.15) is 4.98 Å². The van der Waals surface area contributed by atoms with Crippen molar-refractivity contribution in [1.82, 2.24) is 15.0 Å². The molecule has 4 rings (SSSR count). The Labute approximate surface area is 163 Å². The molecule has 0 atom stereocenters. The number of benzene rings is 2. The van der Waals surface area contributed by atoms with E-state index in [4.69, 9.17) is 4.52 Å². The quantitative estimate of drug-likeness (QED) is 0.720. The molecule has 1 aliphatic rings. The lowest BCUT2D eigenvalue weighted by Crippen LogP contribution is -2.32. The summed E-state index contributed by atoms with van der Waals surface area (Å²) in [6, 6.07) is 15.3. The van der Waals surface area contributed by atoms with Gasteiger partial charge >= 0.3 is 5.97 Å². The highest BCUT2D eigenvalue weighted by Crippen LogP contribution is 2.28. The summed E-state index contributed by atoms with van der Waals surface area (Å²) in [7, 11) is 0. The van der Waals surface area contributed by atoms with E-state index in [0.29, 0.717) is 17.4 Å². The van der Waals surface area contributed by atoms with Crippen molar-refractivity contribution in [3.05, 3.63) is 71.4 Å². The SMILES string of the molecule is Cc1nc(C2CCN(Cc3ccc(-c4ccccc4C(=O)O)cc3)CC2)no1. The summed E-state index contributed by atoms with van der Waals surface area (Å²) in [6.45, 7) is 4.71. The number of hydrogen-bond donors (Lipinski definition) is 1. The van der Waals surface area contributed by atoms with Crippen LogP contribution in [0.3, 0.4) is 0 Å². The number of nitrogens with zero attached hydrogens (tertiary/aromatic N) is 3. The van der Waals surface area contributed by atoms with Crippen LogP contribution in [0.4, 0.5) is 0 Å². The lowest BCUT2D eigenvalue weighted by Gasteiger charge is -2.30. The predicted octanol–water partition coefficient (Wildman–Crippen LogP) is 4.12. The minimum atomic E-state index is -0.903. The molecule has 6 nitrogen and oxygen atoms in total. The van der Waals surface area contributed by atoms with Crippen molar-refractivity contribution >= 4 is 5.97 Å². The Morgan fingerprint density at radius 3 is 2.50 bits per heavy atom. The number of carboxylic acids is 1. The highest BCUT2D eigenvalue weighted by atomic mass is 16.5. The van der Waals surface area contributed by atoms with E-state index in [0.717, 1.165) is 49.4 Å². The molecule has 1 fully saturated rings. The van der Waals surface area contributed by atoms with Gasteiger partial charge in [0.2, 0.25) is 5.89 Å². The van der Waals surface area contributed by atoms with Gasteiger partial charge in [-0.3, -0.25) is 4.90 Å². The van der Waals surface area contributed by atoms with E-state index < -0.39 is 5.97 Å². The van der Waals surface area contributed by atoms with Gasteiger partial charge in [0.15, 0.2) is 5.82 Å². The Morgan fingerprint density at radius 1 is 1.14 bits per heavy atom. The summed E-state index contributed by atoms with van der Waals surface area (Å²) in [5.74, 6) is 0.934. The smallest absolute Gasteiger partial charge is 0.336 e. The van der Waals surface area contributed by atoms with Gasteiger partial charge in [0.1, 0.15) is 0 Å². The Balaban J connectivity index is 1.39. The first-order valence-electron chi connectivity index (χ1n) is 9.54. The molecular formula is C22H23N3O3. The molecule has 0 saturated carbocycles. The van der Waals surface area contributed by atoms with Crippen LogP contribution in [-0.4, -0.2) is 39.2 Å². The Hall–Kier alpha value is -2.99. The number of aromatic carboxylic acids is 1. The van der Waals surface area contributed by atoms with Crippen molar-refractivity contribution in [3.63, 3.8) is 0 Å². The van der Waals surface area contributed by atoms with Gasteiger partial charge < -0.3 is 9.63 Å². The number of piperidine rings is 1. The van der Waals surface area contributed by atoms with Crippen LogP contribution in [0.15, 0.2) is 53.1 Å². The molecule has 1 aromatic heterocycles. The van der Waals surface area contributed by atoms with E-state index in [2.05, 4.69) is 27.2 Å². The lowest BCUT2D eigenvalue weighted by molar-refractivity contribution is 0.0697. The molecule has 0 aliphatic carbocycles. The number of hydrogen-bond acceptors (Lipinski definition) is 5. The fourth-order valence-corrected chi connectivity index (χ4v) is 3.80. The fourth-order valence-electron chi connectivity index (χ4n) is 3.80. The van der Waals surface area contributed by atoms with E-state index in [1.165, 1.54) is 5.56 Å². The van der Waals surface area contributed by atoms with Crippen LogP contribution in [0, 0.1) is 6.92 Å².